The van der Waals surface area contributed by atoms with E-state index in [4.69, 9.17) is 28.4 Å². The fraction of sp³-hybridized carbons (Fsp3) is 0.432. The number of ether oxygens (including phenoxy) is 6. The molecule has 7 rings (SSSR count). The van der Waals surface area contributed by atoms with Crippen molar-refractivity contribution in [3.63, 3.8) is 0 Å². The quantitative estimate of drug-likeness (QED) is 0.338. The van der Waals surface area contributed by atoms with Crippen molar-refractivity contribution in [2.75, 3.05) is 27.6 Å². The van der Waals surface area contributed by atoms with Gasteiger partial charge in [-0.1, -0.05) is 56.3 Å². The Labute approximate surface area is 284 Å². The molecular formula is C37H40N2O10. The molecule has 1 saturated carbocycles. The lowest BCUT2D eigenvalue weighted by Gasteiger charge is -2.46. The van der Waals surface area contributed by atoms with Gasteiger partial charge < -0.3 is 43.7 Å². The van der Waals surface area contributed by atoms with E-state index in [1.807, 2.05) is 30.3 Å². The van der Waals surface area contributed by atoms with Crippen molar-refractivity contribution in [3.05, 3.63) is 77.4 Å². The summed E-state index contributed by atoms with van der Waals surface area (Å²) in [5.41, 5.74) is -2.59. The van der Waals surface area contributed by atoms with E-state index < -0.39 is 47.2 Å². The van der Waals surface area contributed by atoms with Crippen LogP contribution in [0, 0.1) is 11.8 Å². The van der Waals surface area contributed by atoms with Crippen molar-refractivity contribution < 1.29 is 47.9 Å². The van der Waals surface area contributed by atoms with E-state index >= 15 is 4.79 Å². The maximum Gasteiger partial charge on any atom is 0.303 e. The van der Waals surface area contributed by atoms with Crippen molar-refractivity contribution in [1.82, 2.24) is 10.2 Å². The van der Waals surface area contributed by atoms with Gasteiger partial charge in [-0.15, -0.1) is 0 Å². The molecule has 12 heteroatoms. The molecule has 4 aliphatic rings. The molecule has 1 saturated heterocycles. The SMILES string of the molecule is COc1ccc([C@]23Oc4cc5c(c(OC)c4[C@](O)([C@H](C(=O)N4CCC[C@@H]4NC(=O)C(C)C)[C@H]2c2ccccc2)[C@H]3OC(C)=O)OCO5)cc1. The average Bonchev–Trinajstić information content (AvgIpc) is 3.80. The molecule has 1 aliphatic carbocycles. The molecule has 0 radical (unpaired) electrons. The molecule has 12 nitrogen and oxygen atoms in total. The van der Waals surface area contributed by atoms with Gasteiger partial charge >= 0.3 is 5.97 Å². The normalized spacial score (nSPS) is 27.7. The standard InChI is InChI=1S/C37H40N2O10/c1-20(2)33(41)38-27-12-9-17-39(27)34(42)30-28(22-10-7-6-8-11-22)37(23-13-15-24(44-4)16-14-23)35(48-21(3)40)36(30,43)29-25(49-37)18-26-31(32(29)45-5)47-19-46-26/h6-8,10-11,13-16,18,20,27-28,30,35,43H,9,12,17,19H2,1-5H3,(H,38,41)/t27-,28-,30+,35-,36+,37+/m1/s1. The third-order valence-corrected chi connectivity index (χ3v) is 10.1. The summed E-state index contributed by atoms with van der Waals surface area (Å²) < 4.78 is 36.2. The zero-order valence-electron chi connectivity index (χ0n) is 28.1. The highest BCUT2D eigenvalue weighted by molar-refractivity contribution is 5.87. The third kappa shape index (κ3) is 4.86. The molecule has 2 fully saturated rings. The first-order valence-electron chi connectivity index (χ1n) is 16.5. The van der Waals surface area contributed by atoms with Gasteiger partial charge in [0, 0.05) is 36.9 Å². The molecule has 3 heterocycles. The first-order chi connectivity index (χ1) is 23.6. The fourth-order valence-electron chi connectivity index (χ4n) is 8.09. The van der Waals surface area contributed by atoms with Crippen LogP contribution in [-0.4, -0.2) is 67.6 Å². The van der Waals surface area contributed by atoms with E-state index in [2.05, 4.69) is 5.32 Å². The Morgan fingerprint density at radius 1 is 1.00 bits per heavy atom. The molecule has 3 aliphatic heterocycles. The number of rotatable bonds is 8. The van der Waals surface area contributed by atoms with Gasteiger partial charge in [-0.05, 0) is 30.5 Å². The number of hydrogen-bond donors (Lipinski definition) is 2. The first kappa shape index (κ1) is 32.6. The number of amides is 2. The zero-order valence-corrected chi connectivity index (χ0v) is 28.1. The van der Waals surface area contributed by atoms with Gasteiger partial charge in [-0.3, -0.25) is 14.4 Å². The predicted molar refractivity (Wildman–Crippen MR) is 174 cm³/mol. The van der Waals surface area contributed by atoms with Crippen LogP contribution in [0.15, 0.2) is 60.7 Å². The van der Waals surface area contributed by atoms with Crippen molar-refractivity contribution in [2.45, 2.75) is 63.0 Å². The topological polar surface area (TPSA) is 142 Å². The largest absolute Gasteiger partial charge is 0.497 e. The smallest absolute Gasteiger partial charge is 0.303 e. The Bertz CT molecular complexity index is 1780. The summed E-state index contributed by atoms with van der Waals surface area (Å²) in [5.74, 6) is -2.43. The molecule has 3 aromatic carbocycles. The van der Waals surface area contributed by atoms with Gasteiger partial charge in [-0.25, -0.2) is 0 Å². The number of nitrogens with one attached hydrogen (secondary N) is 1. The van der Waals surface area contributed by atoms with E-state index in [-0.39, 0.29) is 41.4 Å². The number of esters is 1. The summed E-state index contributed by atoms with van der Waals surface area (Å²) >= 11 is 0. The summed E-state index contributed by atoms with van der Waals surface area (Å²) in [7, 11) is 2.98. The lowest BCUT2D eigenvalue weighted by molar-refractivity contribution is -0.196. The maximum absolute atomic E-state index is 15.4. The van der Waals surface area contributed by atoms with E-state index in [9.17, 15) is 14.7 Å². The van der Waals surface area contributed by atoms with Crippen molar-refractivity contribution in [3.8, 4) is 28.7 Å². The van der Waals surface area contributed by atoms with Gasteiger partial charge in [0.05, 0.1) is 25.7 Å². The second-order valence-corrected chi connectivity index (χ2v) is 13.2. The molecule has 2 bridgehead atoms. The minimum Gasteiger partial charge on any atom is -0.497 e. The number of carbonyl (C=O) groups excluding carboxylic acids is 3. The third-order valence-electron chi connectivity index (χ3n) is 10.1. The Hall–Kier alpha value is -4.97. The summed E-state index contributed by atoms with van der Waals surface area (Å²) in [6.07, 6.45) is -0.886. The van der Waals surface area contributed by atoms with Crippen LogP contribution < -0.4 is 29.0 Å². The minimum atomic E-state index is -2.24. The molecular weight excluding hydrogens is 632 g/mol. The number of nitrogens with zero attached hydrogens (tertiary/aromatic N) is 1. The highest BCUT2D eigenvalue weighted by atomic mass is 16.7. The summed E-state index contributed by atoms with van der Waals surface area (Å²) in [4.78, 5) is 43.0. The highest BCUT2D eigenvalue weighted by Crippen LogP contribution is 2.70. The van der Waals surface area contributed by atoms with Crippen LogP contribution in [0.3, 0.4) is 0 Å². The number of likely N-dealkylation sites (tertiary alicyclic amines) is 1. The van der Waals surface area contributed by atoms with Crippen LogP contribution in [0.4, 0.5) is 0 Å². The Balaban J connectivity index is 1.54. The van der Waals surface area contributed by atoms with E-state index in [0.717, 1.165) is 0 Å². The number of fused-ring (bicyclic) bond motifs is 5. The lowest BCUT2D eigenvalue weighted by atomic mass is 9.75. The monoisotopic (exact) mass is 672 g/mol. The van der Waals surface area contributed by atoms with Gasteiger partial charge in [-0.2, -0.15) is 0 Å². The highest BCUT2D eigenvalue weighted by Gasteiger charge is 2.78. The molecule has 6 atom stereocenters. The molecule has 2 amide bonds. The van der Waals surface area contributed by atoms with Gasteiger partial charge in [0.2, 0.25) is 24.4 Å². The molecule has 258 valence electrons. The number of benzene rings is 3. The predicted octanol–water partition coefficient (Wildman–Crippen LogP) is 3.97. The Morgan fingerprint density at radius 2 is 1.73 bits per heavy atom. The molecule has 49 heavy (non-hydrogen) atoms. The van der Waals surface area contributed by atoms with Crippen LogP contribution >= 0.6 is 0 Å². The molecule has 0 unspecified atom stereocenters. The summed E-state index contributed by atoms with van der Waals surface area (Å²) in [6.45, 7) is 5.08. The summed E-state index contributed by atoms with van der Waals surface area (Å²) in [5, 5.41) is 16.7. The van der Waals surface area contributed by atoms with Crippen LogP contribution in [-0.2, 0) is 30.3 Å². The van der Waals surface area contributed by atoms with Gasteiger partial charge in [0.1, 0.15) is 17.7 Å². The van der Waals surface area contributed by atoms with Crippen LogP contribution in [0.2, 0.25) is 0 Å². The van der Waals surface area contributed by atoms with E-state index in [1.165, 1.54) is 14.0 Å². The van der Waals surface area contributed by atoms with Gasteiger partial charge in [0.15, 0.2) is 28.8 Å². The number of aliphatic hydroxyl groups is 1. The summed E-state index contributed by atoms with van der Waals surface area (Å²) in [6, 6.07) is 18.0. The molecule has 2 N–H and O–H groups in total. The second kappa shape index (κ2) is 12.2. The molecule has 3 aromatic rings. The minimum absolute atomic E-state index is 0.0932. The van der Waals surface area contributed by atoms with E-state index in [0.29, 0.717) is 42.0 Å². The van der Waals surface area contributed by atoms with E-state index in [1.54, 1.807) is 56.2 Å². The van der Waals surface area contributed by atoms with Crippen molar-refractivity contribution >= 4 is 17.8 Å². The van der Waals surface area contributed by atoms with Crippen LogP contribution in [0.5, 0.6) is 28.7 Å². The van der Waals surface area contributed by atoms with Crippen molar-refractivity contribution in [2.24, 2.45) is 11.8 Å². The van der Waals surface area contributed by atoms with Gasteiger partial charge in [0.25, 0.3) is 0 Å². The Morgan fingerprint density at radius 3 is 2.39 bits per heavy atom. The van der Waals surface area contributed by atoms with Crippen LogP contribution in [0.1, 0.15) is 56.2 Å². The molecule has 0 spiro atoms. The number of carbonyl (C=O) groups is 3. The number of methoxy groups -OCH3 is 2. The average molecular weight is 673 g/mol. The fourth-order valence-corrected chi connectivity index (χ4v) is 8.09. The first-order valence-corrected chi connectivity index (χ1v) is 16.5. The lowest BCUT2D eigenvalue weighted by Crippen LogP contribution is -2.57. The van der Waals surface area contributed by atoms with Crippen molar-refractivity contribution in [1.29, 1.82) is 0 Å². The zero-order chi connectivity index (χ0) is 34.7. The maximum atomic E-state index is 15.4. The Kier molecular flexibility index (Phi) is 8.09. The second-order valence-electron chi connectivity index (χ2n) is 13.2. The van der Waals surface area contributed by atoms with Crippen LogP contribution in [0.25, 0.3) is 0 Å². The molecule has 0 aromatic heterocycles. The number of hydrogen-bond acceptors (Lipinski definition) is 10.